The van der Waals surface area contributed by atoms with Crippen molar-refractivity contribution < 1.29 is 18.4 Å². The zero-order chi connectivity index (χ0) is 16.8. The Balaban J connectivity index is 1.44. The van der Waals surface area contributed by atoms with Crippen LogP contribution in [0, 0.1) is 11.7 Å². The van der Waals surface area contributed by atoms with Crippen LogP contribution in [0.4, 0.5) is 4.39 Å². The quantitative estimate of drug-likeness (QED) is 0.847. The summed E-state index contributed by atoms with van der Waals surface area (Å²) in [5.74, 6) is 0.596. The van der Waals surface area contributed by atoms with Crippen LogP contribution in [0.15, 0.2) is 34.9 Å². The molecule has 24 heavy (non-hydrogen) atoms. The number of aryl methyl sites for hydroxylation is 2. The van der Waals surface area contributed by atoms with Crippen LogP contribution in [0.3, 0.4) is 0 Å². The third-order valence-corrected chi connectivity index (χ3v) is 4.19. The van der Waals surface area contributed by atoms with E-state index < -0.39 is 0 Å². The maximum Gasteiger partial charge on any atom is 0.273 e. The molecule has 1 N–H and O–H groups in total. The van der Waals surface area contributed by atoms with Crippen LogP contribution in [0.25, 0.3) is 0 Å². The van der Waals surface area contributed by atoms with Crippen molar-refractivity contribution >= 4 is 5.91 Å². The van der Waals surface area contributed by atoms with Gasteiger partial charge in [-0.1, -0.05) is 23.4 Å². The van der Waals surface area contributed by atoms with E-state index in [9.17, 15) is 9.18 Å². The van der Waals surface area contributed by atoms with E-state index in [4.69, 9.17) is 9.26 Å². The van der Waals surface area contributed by atoms with E-state index in [0.717, 1.165) is 19.4 Å². The van der Waals surface area contributed by atoms with Gasteiger partial charge in [0, 0.05) is 31.6 Å². The Morgan fingerprint density at radius 1 is 1.33 bits per heavy atom. The molecule has 0 saturated carbocycles. The zero-order valence-corrected chi connectivity index (χ0v) is 13.5. The molecule has 0 spiro atoms. The number of carbonyl (C=O) groups is 1. The number of ether oxygens (including phenoxy) is 1. The van der Waals surface area contributed by atoms with E-state index in [2.05, 4.69) is 10.5 Å². The van der Waals surface area contributed by atoms with Crippen molar-refractivity contribution in [3.05, 3.63) is 53.2 Å². The number of carbonyl (C=O) groups excluding carboxylic acids is 1. The highest BCUT2D eigenvalue weighted by Gasteiger charge is 2.18. The summed E-state index contributed by atoms with van der Waals surface area (Å²) in [6.07, 6.45) is 2.94. The summed E-state index contributed by atoms with van der Waals surface area (Å²) in [7, 11) is 0. The number of rotatable bonds is 7. The molecule has 1 aliphatic heterocycles. The topological polar surface area (TPSA) is 64.4 Å². The number of nitrogens with zero attached hydrogens (tertiary/aromatic N) is 1. The number of benzene rings is 1. The van der Waals surface area contributed by atoms with E-state index in [1.165, 1.54) is 6.07 Å². The van der Waals surface area contributed by atoms with E-state index in [1.807, 2.05) is 6.07 Å². The number of hydrogen-bond donors (Lipinski definition) is 1. The first-order chi connectivity index (χ1) is 11.7. The summed E-state index contributed by atoms with van der Waals surface area (Å²) in [5, 5.41) is 6.66. The van der Waals surface area contributed by atoms with Gasteiger partial charge in [0.05, 0.1) is 6.61 Å². The van der Waals surface area contributed by atoms with Crippen molar-refractivity contribution in [2.24, 2.45) is 5.92 Å². The van der Waals surface area contributed by atoms with Gasteiger partial charge in [-0.25, -0.2) is 4.39 Å². The first-order valence-electron chi connectivity index (χ1n) is 8.27. The molecule has 0 bridgehead atoms. The van der Waals surface area contributed by atoms with Gasteiger partial charge in [-0.2, -0.15) is 0 Å². The Morgan fingerprint density at radius 3 is 3.00 bits per heavy atom. The summed E-state index contributed by atoms with van der Waals surface area (Å²) >= 11 is 0. The Morgan fingerprint density at radius 2 is 2.21 bits per heavy atom. The Bertz CT molecular complexity index is 680. The van der Waals surface area contributed by atoms with Crippen molar-refractivity contribution in [3.63, 3.8) is 0 Å². The molecule has 5 nitrogen and oxygen atoms in total. The second-order valence-electron chi connectivity index (χ2n) is 6.06. The molecule has 2 heterocycles. The van der Waals surface area contributed by atoms with Crippen LogP contribution in [-0.2, 0) is 17.6 Å². The average molecular weight is 332 g/mol. The molecule has 1 atom stereocenters. The highest BCUT2D eigenvalue weighted by molar-refractivity contribution is 5.92. The lowest BCUT2D eigenvalue weighted by molar-refractivity contribution is 0.0936. The Labute approximate surface area is 140 Å². The summed E-state index contributed by atoms with van der Waals surface area (Å²) in [6.45, 7) is 2.05. The maximum absolute atomic E-state index is 13.5. The molecule has 2 aromatic rings. The third-order valence-electron chi connectivity index (χ3n) is 4.19. The number of nitrogens with one attached hydrogen (secondary N) is 1. The summed E-state index contributed by atoms with van der Waals surface area (Å²) < 4.78 is 24.0. The van der Waals surface area contributed by atoms with Gasteiger partial charge >= 0.3 is 0 Å². The molecular formula is C18H21FN2O3. The fourth-order valence-electron chi connectivity index (χ4n) is 2.76. The van der Waals surface area contributed by atoms with Crippen LogP contribution in [0.2, 0.25) is 0 Å². The minimum Gasteiger partial charge on any atom is -0.381 e. The van der Waals surface area contributed by atoms with Gasteiger partial charge < -0.3 is 14.6 Å². The predicted octanol–water partition coefficient (Wildman–Crippen LogP) is 2.76. The third kappa shape index (κ3) is 4.41. The summed E-state index contributed by atoms with van der Waals surface area (Å²) in [5.41, 5.74) is 0.976. The second-order valence-corrected chi connectivity index (χ2v) is 6.06. The largest absolute Gasteiger partial charge is 0.381 e. The molecule has 3 rings (SSSR count). The van der Waals surface area contributed by atoms with Crippen molar-refractivity contribution in [1.82, 2.24) is 10.5 Å². The monoisotopic (exact) mass is 332 g/mol. The Hall–Kier alpha value is -2.21. The van der Waals surface area contributed by atoms with E-state index >= 15 is 0 Å². The van der Waals surface area contributed by atoms with Gasteiger partial charge in [-0.05, 0) is 30.9 Å². The van der Waals surface area contributed by atoms with Gasteiger partial charge in [0.15, 0.2) is 5.69 Å². The number of halogens is 1. The van der Waals surface area contributed by atoms with Gasteiger partial charge in [0.2, 0.25) is 0 Å². The van der Waals surface area contributed by atoms with Crippen LogP contribution < -0.4 is 5.32 Å². The fraction of sp³-hybridized carbons (Fsp3) is 0.444. The molecule has 1 amide bonds. The van der Waals surface area contributed by atoms with Gasteiger partial charge in [0.1, 0.15) is 11.6 Å². The second kappa shape index (κ2) is 8.06. The van der Waals surface area contributed by atoms with E-state index in [0.29, 0.717) is 43.2 Å². The normalized spacial score (nSPS) is 17.1. The van der Waals surface area contributed by atoms with E-state index in [1.54, 1.807) is 18.2 Å². The zero-order valence-electron chi connectivity index (χ0n) is 13.5. The predicted molar refractivity (Wildman–Crippen MR) is 86.2 cm³/mol. The van der Waals surface area contributed by atoms with Gasteiger partial charge in [-0.15, -0.1) is 0 Å². The average Bonchev–Trinajstić information content (AvgIpc) is 3.26. The highest BCUT2D eigenvalue weighted by atomic mass is 19.1. The van der Waals surface area contributed by atoms with Crippen molar-refractivity contribution in [3.8, 4) is 0 Å². The molecule has 1 aromatic carbocycles. The molecule has 128 valence electrons. The molecule has 1 saturated heterocycles. The molecule has 1 aliphatic rings. The molecule has 1 aromatic heterocycles. The lowest BCUT2D eigenvalue weighted by atomic mass is 10.1. The minimum atomic E-state index is -0.231. The fourth-order valence-corrected chi connectivity index (χ4v) is 2.76. The summed E-state index contributed by atoms with van der Waals surface area (Å²) in [6, 6.07) is 8.40. The van der Waals surface area contributed by atoms with Crippen LogP contribution >= 0.6 is 0 Å². The first-order valence-corrected chi connectivity index (χ1v) is 8.27. The van der Waals surface area contributed by atoms with Crippen LogP contribution in [-0.4, -0.2) is 30.8 Å². The molecule has 0 radical (unpaired) electrons. The lowest BCUT2D eigenvalue weighted by Gasteiger charge is -2.07. The number of hydrogen-bond acceptors (Lipinski definition) is 4. The molecule has 0 aliphatic carbocycles. The first kappa shape index (κ1) is 16.6. The minimum absolute atomic E-state index is 0.189. The van der Waals surface area contributed by atoms with Crippen LogP contribution in [0.1, 0.15) is 34.7 Å². The van der Waals surface area contributed by atoms with Crippen molar-refractivity contribution in [2.45, 2.75) is 25.7 Å². The van der Waals surface area contributed by atoms with Gasteiger partial charge in [0.25, 0.3) is 5.91 Å². The number of aromatic nitrogens is 1. The smallest absolute Gasteiger partial charge is 0.273 e. The SMILES string of the molecule is O=C(NC[C@H]1CCOC1)c1cc(CCCc2ccccc2F)on1. The van der Waals surface area contributed by atoms with E-state index in [-0.39, 0.29) is 17.4 Å². The summed E-state index contributed by atoms with van der Waals surface area (Å²) in [4.78, 5) is 12.0. The van der Waals surface area contributed by atoms with Crippen molar-refractivity contribution in [2.75, 3.05) is 19.8 Å². The molecule has 0 unspecified atom stereocenters. The molecular weight excluding hydrogens is 311 g/mol. The molecule has 1 fully saturated rings. The maximum atomic E-state index is 13.5. The standard InChI is InChI=1S/C18H21FN2O3/c19-16-7-2-1-4-14(16)5-3-6-15-10-17(21-24-15)18(22)20-11-13-8-9-23-12-13/h1-2,4,7,10,13H,3,5-6,8-9,11-12H2,(H,20,22)/t13-/m1/s1. The highest BCUT2D eigenvalue weighted by Crippen LogP contribution is 2.13. The van der Waals surface area contributed by atoms with Crippen molar-refractivity contribution in [1.29, 1.82) is 0 Å². The number of amides is 1. The Kier molecular flexibility index (Phi) is 5.59. The lowest BCUT2D eigenvalue weighted by Crippen LogP contribution is -2.29. The molecule has 6 heteroatoms. The van der Waals surface area contributed by atoms with Crippen LogP contribution in [0.5, 0.6) is 0 Å². The van der Waals surface area contributed by atoms with Gasteiger partial charge in [-0.3, -0.25) is 4.79 Å².